The van der Waals surface area contributed by atoms with Crippen molar-refractivity contribution in [1.82, 2.24) is 10.3 Å². The number of nitriles is 1. The highest BCUT2D eigenvalue weighted by molar-refractivity contribution is 5.05. The van der Waals surface area contributed by atoms with E-state index in [-0.39, 0.29) is 0 Å². The fourth-order valence-corrected chi connectivity index (χ4v) is 0.954. The van der Waals surface area contributed by atoms with Gasteiger partial charge in [-0.2, -0.15) is 5.26 Å². The van der Waals surface area contributed by atoms with Gasteiger partial charge in [0.2, 0.25) is 5.89 Å². The highest BCUT2D eigenvalue weighted by Crippen LogP contribution is 2.07. The number of oxazole rings is 1. The Morgan fingerprint density at radius 1 is 1.54 bits per heavy atom. The van der Waals surface area contributed by atoms with Crippen molar-refractivity contribution in [3.05, 3.63) is 17.3 Å². The molecule has 0 aliphatic heterocycles. The molecule has 0 bridgehead atoms. The molecule has 4 heteroatoms. The molecule has 1 heterocycles. The maximum atomic E-state index is 8.28. The maximum absolute atomic E-state index is 8.28. The third kappa shape index (κ3) is 2.88. The first-order chi connectivity index (χ1) is 6.24. The van der Waals surface area contributed by atoms with Crippen LogP contribution in [0.2, 0.25) is 0 Å². The van der Waals surface area contributed by atoms with Crippen molar-refractivity contribution in [1.29, 1.82) is 5.26 Å². The Morgan fingerprint density at radius 3 is 2.85 bits per heavy atom. The normalized spacial score (nSPS) is 9.92. The first-order valence-electron chi connectivity index (χ1n) is 4.24. The number of nitrogens with zero attached hydrogens (tertiary/aromatic N) is 2. The van der Waals surface area contributed by atoms with Gasteiger partial charge < -0.3 is 9.73 Å². The minimum atomic E-state index is 0.513. The zero-order valence-corrected chi connectivity index (χ0v) is 7.92. The van der Waals surface area contributed by atoms with Gasteiger partial charge in [-0.25, -0.2) is 4.98 Å². The molecule has 0 spiro atoms. The van der Waals surface area contributed by atoms with Crippen molar-refractivity contribution in [2.75, 3.05) is 6.54 Å². The quantitative estimate of drug-likeness (QED) is 0.707. The lowest BCUT2D eigenvalue weighted by Crippen LogP contribution is -2.14. The number of hydrogen-bond donors (Lipinski definition) is 1. The molecule has 0 atom stereocenters. The molecule has 1 aromatic heterocycles. The summed E-state index contributed by atoms with van der Waals surface area (Å²) in [5, 5.41) is 11.3. The van der Waals surface area contributed by atoms with Crippen LogP contribution in [-0.2, 0) is 6.54 Å². The fraction of sp³-hybridized carbons (Fsp3) is 0.556. The van der Waals surface area contributed by atoms with E-state index < -0.39 is 0 Å². The molecule has 13 heavy (non-hydrogen) atoms. The summed E-state index contributed by atoms with van der Waals surface area (Å²) in [4.78, 5) is 4.20. The molecule has 0 saturated heterocycles. The van der Waals surface area contributed by atoms with Gasteiger partial charge in [0, 0.05) is 13.0 Å². The Balaban J connectivity index is 2.34. The first kappa shape index (κ1) is 9.75. The maximum Gasteiger partial charge on any atom is 0.208 e. The average Bonchev–Trinajstić information content (AvgIpc) is 2.41. The monoisotopic (exact) mass is 179 g/mol. The Bertz CT molecular complexity index is 292. The van der Waals surface area contributed by atoms with Gasteiger partial charge in [0.1, 0.15) is 5.76 Å². The standard InChI is InChI=1S/C9H13N3O/c1-7-8(2)13-9(12-7)6-11-5-3-4-10/h11H,3,5-6H2,1-2H3. The first-order valence-corrected chi connectivity index (χ1v) is 4.24. The van der Waals surface area contributed by atoms with Gasteiger partial charge in [0.25, 0.3) is 0 Å². The Kier molecular flexibility index (Phi) is 3.47. The minimum absolute atomic E-state index is 0.513. The SMILES string of the molecule is Cc1nc(CNCCC#N)oc1C. The zero-order chi connectivity index (χ0) is 9.68. The van der Waals surface area contributed by atoms with Crippen LogP contribution in [0.4, 0.5) is 0 Å². The van der Waals surface area contributed by atoms with Gasteiger partial charge >= 0.3 is 0 Å². The number of rotatable bonds is 4. The van der Waals surface area contributed by atoms with Crippen molar-refractivity contribution in [2.45, 2.75) is 26.8 Å². The second kappa shape index (κ2) is 4.63. The number of nitrogens with one attached hydrogen (secondary N) is 1. The van der Waals surface area contributed by atoms with E-state index in [9.17, 15) is 0 Å². The van der Waals surface area contributed by atoms with Crippen LogP contribution in [0.5, 0.6) is 0 Å². The highest BCUT2D eigenvalue weighted by atomic mass is 16.4. The Hall–Kier alpha value is -1.34. The number of hydrogen-bond acceptors (Lipinski definition) is 4. The van der Waals surface area contributed by atoms with Crippen LogP contribution in [0.3, 0.4) is 0 Å². The van der Waals surface area contributed by atoms with Gasteiger partial charge in [-0.15, -0.1) is 0 Å². The van der Waals surface area contributed by atoms with E-state index in [4.69, 9.17) is 9.68 Å². The lowest BCUT2D eigenvalue weighted by atomic mass is 10.4. The molecule has 0 amide bonds. The zero-order valence-electron chi connectivity index (χ0n) is 7.92. The van der Waals surface area contributed by atoms with Crippen LogP contribution in [0.1, 0.15) is 23.8 Å². The van der Waals surface area contributed by atoms with Gasteiger partial charge in [-0.3, -0.25) is 0 Å². The highest BCUT2D eigenvalue weighted by Gasteiger charge is 2.03. The topological polar surface area (TPSA) is 61.9 Å². The van der Waals surface area contributed by atoms with Crippen molar-refractivity contribution in [3.8, 4) is 6.07 Å². The van der Waals surface area contributed by atoms with Crippen LogP contribution < -0.4 is 5.32 Å². The van der Waals surface area contributed by atoms with Crippen molar-refractivity contribution >= 4 is 0 Å². The summed E-state index contributed by atoms with van der Waals surface area (Å²) >= 11 is 0. The Labute approximate surface area is 77.6 Å². The van der Waals surface area contributed by atoms with E-state index in [0.29, 0.717) is 25.4 Å². The Morgan fingerprint density at radius 2 is 2.31 bits per heavy atom. The van der Waals surface area contributed by atoms with E-state index in [0.717, 1.165) is 11.5 Å². The van der Waals surface area contributed by atoms with Gasteiger partial charge in [-0.1, -0.05) is 0 Å². The fourth-order valence-electron chi connectivity index (χ4n) is 0.954. The lowest BCUT2D eigenvalue weighted by Gasteiger charge is -1.95. The predicted octanol–water partition coefficient (Wildman–Crippen LogP) is 1.29. The third-order valence-electron chi connectivity index (χ3n) is 1.76. The molecule has 0 radical (unpaired) electrons. The van der Waals surface area contributed by atoms with Crippen molar-refractivity contribution in [3.63, 3.8) is 0 Å². The molecule has 0 aliphatic carbocycles. The van der Waals surface area contributed by atoms with E-state index in [1.807, 2.05) is 13.8 Å². The molecule has 70 valence electrons. The number of aryl methyl sites for hydroxylation is 2. The molecule has 0 unspecified atom stereocenters. The summed E-state index contributed by atoms with van der Waals surface area (Å²) in [6.07, 6.45) is 0.513. The minimum Gasteiger partial charge on any atom is -0.444 e. The van der Waals surface area contributed by atoms with Crippen LogP contribution in [0.15, 0.2) is 4.42 Å². The second-order valence-corrected chi connectivity index (χ2v) is 2.83. The summed E-state index contributed by atoms with van der Waals surface area (Å²) < 4.78 is 5.34. The molecule has 1 N–H and O–H groups in total. The molecule has 0 aromatic carbocycles. The molecule has 4 nitrogen and oxygen atoms in total. The van der Waals surface area contributed by atoms with E-state index in [2.05, 4.69) is 16.4 Å². The van der Waals surface area contributed by atoms with Crippen molar-refractivity contribution < 1.29 is 4.42 Å². The molecule has 1 rings (SSSR count). The third-order valence-corrected chi connectivity index (χ3v) is 1.76. The van der Waals surface area contributed by atoms with E-state index in [1.165, 1.54) is 0 Å². The predicted molar refractivity (Wildman–Crippen MR) is 47.9 cm³/mol. The van der Waals surface area contributed by atoms with Gasteiger partial charge in [0.15, 0.2) is 0 Å². The van der Waals surface area contributed by atoms with Gasteiger partial charge in [-0.05, 0) is 13.8 Å². The van der Waals surface area contributed by atoms with Crippen LogP contribution >= 0.6 is 0 Å². The smallest absolute Gasteiger partial charge is 0.208 e. The molecular formula is C9H13N3O. The lowest BCUT2D eigenvalue weighted by molar-refractivity contribution is 0.450. The number of aromatic nitrogens is 1. The molecule has 0 aliphatic rings. The second-order valence-electron chi connectivity index (χ2n) is 2.83. The summed E-state index contributed by atoms with van der Waals surface area (Å²) in [5.41, 5.74) is 0.928. The molecule has 0 saturated carbocycles. The van der Waals surface area contributed by atoms with Crippen LogP contribution in [-0.4, -0.2) is 11.5 Å². The molecular weight excluding hydrogens is 166 g/mol. The summed E-state index contributed by atoms with van der Waals surface area (Å²) in [5.74, 6) is 1.55. The van der Waals surface area contributed by atoms with Gasteiger partial charge in [0.05, 0.1) is 18.3 Å². The largest absolute Gasteiger partial charge is 0.444 e. The van der Waals surface area contributed by atoms with E-state index >= 15 is 0 Å². The van der Waals surface area contributed by atoms with Crippen LogP contribution in [0.25, 0.3) is 0 Å². The molecule has 0 fully saturated rings. The summed E-state index contributed by atoms with van der Waals surface area (Å²) in [6.45, 7) is 5.08. The van der Waals surface area contributed by atoms with E-state index in [1.54, 1.807) is 0 Å². The average molecular weight is 179 g/mol. The summed E-state index contributed by atoms with van der Waals surface area (Å²) in [6, 6.07) is 2.06. The van der Waals surface area contributed by atoms with Crippen molar-refractivity contribution in [2.24, 2.45) is 0 Å². The van der Waals surface area contributed by atoms with Crippen LogP contribution in [0, 0.1) is 25.2 Å². The molecule has 1 aromatic rings. The summed E-state index contributed by atoms with van der Waals surface area (Å²) in [7, 11) is 0.